The van der Waals surface area contributed by atoms with E-state index in [0.717, 1.165) is 11.5 Å². The van der Waals surface area contributed by atoms with E-state index >= 15 is 0 Å². The minimum absolute atomic E-state index is 0.214. The SMILES string of the molecule is O=C(O)c1cc(-c2ccco2)ns1. The minimum atomic E-state index is -0.963. The van der Waals surface area contributed by atoms with Crippen LogP contribution >= 0.6 is 11.5 Å². The van der Waals surface area contributed by atoms with E-state index in [4.69, 9.17) is 9.52 Å². The highest BCUT2D eigenvalue weighted by Gasteiger charge is 2.10. The van der Waals surface area contributed by atoms with Gasteiger partial charge in [0.1, 0.15) is 10.6 Å². The van der Waals surface area contributed by atoms with Crippen molar-refractivity contribution in [1.29, 1.82) is 0 Å². The molecular weight excluding hydrogens is 190 g/mol. The molecule has 0 aliphatic heterocycles. The second kappa shape index (κ2) is 3.02. The topological polar surface area (TPSA) is 63.3 Å². The number of hydrogen-bond acceptors (Lipinski definition) is 4. The molecule has 0 saturated carbocycles. The van der Waals surface area contributed by atoms with Crippen LogP contribution in [0.1, 0.15) is 9.67 Å². The molecule has 0 bridgehead atoms. The van der Waals surface area contributed by atoms with Crippen LogP contribution in [0.2, 0.25) is 0 Å². The van der Waals surface area contributed by atoms with Gasteiger partial charge in [-0.05, 0) is 29.7 Å². The van der Waals surface area contributed by atoms with Gasteiger partial charge < -0.3 is 9.52 Å². The maximum atomic E-state index is 10.5. The molecule has 2 rings (SSSR count). The number of aromatic carboxylic acids is 1. The van der Waals surface area contributed by atoms with Gasteiger partial charge in [0, 0.05) is 0 Å². The average molecular weight is 195 g/mol. The summed E-state index contributed by atoms with van der Waals surface area (Å²) in [6, 6.07) is 4.96. The molecule has 2 aromatic heterocycles. The van der Waals surface area contributed by atoms with Gasteiger partial charge in [0.2, 0.25) is 0 Å². The van der Waals surface area contributed by atoms with Gasteiger partial charge in [0.05, 0.1) is 6.26 Å². The van der Waals surface area contributed by atoms with Crippen molar-refractivity contribution in [1.82, 2.24) is 4.37 Å². The van der Waals surface area contributed by atoms with E-state index in [9.17, 15) is 4.79 Å². The lowest BCUT2D eigenvalue weighted by Crippen LogP contribution is -1.89. The first-order valence-corrected chi connectivity index (χ1v) is 4.28. The van der Waals surface area contributed by atoms with Crippen LogP contribution in [-0.2, 0) is 0 Å². The highest BCUT2D eigenvalue weighted by Crippen LogP contribution is 2.21. The third kappa shape index (κ3) is 1.46. The Labute approximate surface area is 77.6 Å². The van der Waals surface area contributed by atoms with E-state index in [1.165, 1.54) is 12.3 Å². The van der Waals surface area contributed by atoms with Gasteiger partial charge in [-0.3, -0.25) is 0 Å². The molecule has 0 aliphatic rings. The van der Waals surface area contributed by atoms with Crippen molar-refractivity contribution < 1.29 is 14.3 Å². The standard InChI is InChI=1S/C8H5NO3S/c10-8(11)7-4-5(9-13-7)6-2-1-3-12-6/h1-4H,(H,10,11). The summed E-state index contributed by atoms with van der Waals surface area (Å²) in [5, 5.41) is 8.64. The lowest BCUT2D eigenvalue weighted by molar-refractivity contribution is 0.0702. The summed E-state index contributed by atoms with van der Waals surface area (Å²) in [5.74, 6) is -0.376. The molecule has 1 N–H and O–H groups in total. The fourth-order valence-corrected chi connectivity index (χ4v) is 1.50. The fourth-order valence-electron chi connectivity index (χ4n) is 0.916. The summed E-state index contributed by atoms with van der Waals surface area (Å²) in [7, 11) is 0. The van der Waals surface area contributed by atoms with Gasteiger partial charge in [-0.15, -0.1) is 0 Å². The van der Waals surface area contributed by atoms with Crippen LogP contribution in [0.25, 0.3) is 11.5 Å². The average Bonchev–Trinajstić information content (AvgIpc) is 2.75. The maximum absolute atomic E-state index is 10.5. The predicted molar refractivity (Wildman–Crippen MR) is 46.8 cm³/mol. The Balaban J connectivity index is 2.39. The largest absolute Gasteiger partial charge is 0.477 e. The Morgan fingerprint density at radius 3 is 3.00 bits per heavy atom. The van der Waals surface area contributed by atoms with Gasteiger partial charge in [0.25, 0.3) is 0 Å². The first-order chi connectivity index (χ1) is 6.27. The van der Waals surface area contributed by atoms with Crippen LogP contribution in [0.3, 0.4) is 0 Å². The number of carbonyl (C=O) groups is 1. The van der Waals surface area contributed by atoms with Crippen molar-refractivity contribution in [3.8, 4) is 11.5 Å². The van der Waals surface area contributed by atoms with Crippen molar-refractivity contribution in [2.24, 2.45) is 0 Å². The van der Waals surface area contributed by atoms with Crippen LogP contribution < -0.4 is 0 Å². The lowest BCUT2D eigenvalue weighted by Gasteiger charge is -1.84. The summed E-state index contributed by atoms with van der Waals surface area (Å²) >= 11 is 0.946. The summed E-state index contributed by atoms with van der Waals surface area (Å²) < 4.78 is 9.01. The smallest absolute Gasteiger partial charge is 0.347 e. The summed E-state index contributed by atoms with van der Waals surface area (Å²) in [5.41, 5.74) is 0.562. The molecule has 0 amide bonds. The van der Waals surface area contributed by atoms with Crippen LogP contribution in [0.4, 0.5) is 0 Å². The van der Waals surface area contributed by atoms with Gasteiger partial charge in [-0.25, -0.2) is 4.79 Å². The second-order valence-electron chi connectivity index (χ2n) is 2.36. The monoisotopic (exact) mass is 195 g/mol. The summed E-state index contributed by atoms with van der Waals surface area (Å²) in [6.07, 6.45) is 1.52. The number of rotatable bonds is 2. The highest BCUT2D eigenvalue weighted by molar-refractivity contribution is 7.08. The molecule has 0 radical (unpaired) electrons. The van der Waals surface area contributed by atoms with Crippen molar-refractivity contribution in [2.45, 2.75) is 0 Å². The molecule has 0 spiro atoms. The number of nitrogens with zero attached hydrogens (tertiary/aromatic N) is 1. The molecule has 0 aromatic carbocycles. The Bertz CT molecular complexity index is 418. The molecule has 66 valence electrons. The van der Waals surface area contributed by atoms with E-state index in [-0.39, 0.29) is 4.88 Å². The normalized spacial score (nSPS) is 10.2. The Hall–Kier alpha value is -1.62. The molecule has 0 fully saturated rings. The molecule has 0 unspecified atom stereocenters. The van der Waals surface area contributed by atoms with E-state index < -0.39 is 5.97 Å². The number of hydrogen-bond donors (Lipinski definition) is 1. The van der Waals surface area contributed by atoms with Crippen molar-refractivity contribution in [3.05, 3.63) is 29.3 Å². The number of carboxylic acid groups (broad SMARTS) is 1. The molecule has 5 heteroatoms. The Kier molecular flexibility index (Phi) is 1.86. The van der Waals surface area contributed by atoms with E-state index in [0.29, 0.717) is 11.5 Å². The molecule has 0 atom stereocenters. The maximum Gasteiger partial charge on any atom is 0.347 e. The van der Waals surface area contributed by atoms with Crippen LogP contribution in [0.5, 0.6) is 0 Å². The molecule has 4 nitrogen and oxygen atoms in total. The van der Waals surface area contributed by atoms with Gasteiger partial charge in [-0.1, -0.05) is 0 Å². The molecule has 0 aliphatic carbocycles. The van der Waals surface area contributed by atoms with Gasteiger partial charge in [0.15, 0.2) is 5.76 Å². The molecule has 2 heterocycles. The van der Waals surface area contributed by atoms with Crippen LogP contribution in [0, 0.1) is 0 Å². The summed E-state index contributed by atoms with van der Waals surface area (Å²) in [4.78, 5) is 10.7. The summed E-state index contributed by atoms with van der Waals surface area (Å²) in [6.45, 7) is 0. The minimum Gasteiger partial charge on any atom is -0.477 e. The van der Waals surface area contributed by atoms with Crippen molar-refractivity contribution in [2.75, 3.05) is 0 Å². The molecule has 2 aromatic rings. The highest BCUT2D eigenvalue weighted by atomic mass is 32.1. The van der Waals surface area contributed by atoms with Gasteiger partial charge >= 0.3 is 5.97 Å². The Morgan fingerprint density at radius 1 is 1.62 bits per heavy atom. The van der Waals surface area contributed by atoms with E-state index in [1.54, 1.807) is 12.1 Å². The van der Waals surface area contributed by atoms with E-state index in [1.807, 2.05) is 0 Å². The predicted octanol–water partition coefficient (Wildman–Crippen LogP) is 2.10. The zero-order chi connectivity index (χ0) is 9.26. The quantitative estimate of drug-likeness (QED) is 0.797. The number of furan rings is 1. The zero-order valence-corrected chi connectivity index (χ0v) is 7.25. The molecular formula is C8H5NO3S. The number of aromatic nitrogens is 1. The second-order valence-corrected chi connectivity index (χ2v) is 3.16. The van der Waals surface area contributed by atoms with Crippen LogP contribution in [0.15, 0.2) is 28.9 Å². The Morgan fingerprint density at radius 2 is 2.46 bits per heavy atom. The van der Waals surface area contributed by atoms with E-state index in [2.05, 4.69) is 4.37 Å². The number of carboxylic acids is 1. The third-order valence-corrected chi connectivity index (χ3v) is 2.27. The van der Waals surface area contributed by atoms with Crippen molar-refractivity contribution in [3.63, 3.8) is 0 Å². The first kappa shape index (κ1) is 8.00. The lowest BCUT2D eigenvalue weighted by atomic mass is 10.3. The van der Waals surface area contributed by atoms with Gasteiger partial charge in [-0.2, -0.15) is 4.37 Å². The molecule has 13 heavy (non-hydrogen) atoms. The fraction of sp³-hybridized carbons (Fsp3) is 0. The van der Waals surface area contributed by atoms with Crippen LogP contribution in [-0.4, -0.2) is 15.4 Å². The zero-order valence-electron chi connectivity index (χ0n) is 6.43. The molecule has 0 saturated heterocycles. The first-order valence-electron chi connectivity index (χ1n) is 3.51. The van der Waals surface area contributed by atoms with Crippen molar-refractivity contribution >= 4 is 17.5 Å². The third-order valence-electron chi connectivity index (χ3n) is 1.49.